The molecule has 0 saturated heterocycles. The summed E-state index contributed by atoms with van der Waals surface area (Å²) in [6, 6.07) is 7.51. The first-order valence-electron chi connectivity index (χ1n) is 9.37. The lowest BCUT2D eigenvalue weighted by Crippen LogP contribution is -2.28. The molecule has 1 fully saturated rings. The van der Waals surface area contributed by atoms with E-state index >= 15 is 0 Å². The van der Waals surface area contributed by atoms with Crippen molar-refractivity contribution < 1.29 is 14.3 Å². The van der Waals surface area contributed by atoms with Gasteiger partial charge >= 0.3 is 5.97 Å². The van der Waals surface area contributed by atoms with Crippen LogP contribution >= 0.6 is 12.4 Å². The first-order chi connectivity index (χ1) is 13.0. The molecule has 152 valence electrons. The maximum atomic E-state index is 12.3. The summed E-state index contributed by atoms with van der Waals surface area (Å²) < 4.78 is 6.71. The molecule has 1 aromatic heterocycles. The number of nitrogens with zero attached hydrogens (tertiary/aromatic N) is 2. The number of carbonyl (C=O) groups is 2. The second-order valence-corrected chi connectivity index (χ2v) is 6.93. The summed E-state index contributed by atoms with van der Waals surface area (Å²) in [6.45, 7) is 3.89. The fourth-order valence-corrected chi connectivity index (χ4v) is 3.56. The van der Waals surface area contributed by atoms with E-state index in [0.29, 0.717) is 30.0 Å². The molecular weight excluding hydrogens is 380 g/mol. The van der Waals surface area contributed by atoms with Crippen LogP contribution in [0.2, 0.25) is 0 Å². The molecular formula is C20H27ClN4O3. The normalized spacial score (nSPS) is 18.4. The summed E-state index contributed by atoms with van der Waals surface area (Å²) in [4.78, 5) is 24.3. The Morgan fingerprint density at radius 3 is 2.82 bits per heavy atom. The van der Waals surface area contributed by atoms with Gasteiger partial charge in [0.25, 0.3) is 0 Å². The number of rotatable bonds is 6. The average molecular weight is 407 g/mol. The third kappa shape index (κ3) is 4.91. The third-order valence-corrected chi connectivity index (χ3v) is 5.05. The molecule has 1 aromatic carbocycles. The minimum absolute atomic E-state index is 0. The van der Waals surface area contributed by atoms with Crippen LogP contribution in [-0.4, -0.2) is 34.3 Å². The minimum Gasteiger partial charge on any atom is -0.462 e. The number of aromatic nitrogens is 2. The van der Waals surface area contributed by atoms with Crippen LogP contribution in [0, 0.1) is 12.8 Å². The Bertz CT molecular complexity index is 837. The Morgan fingerprint density at radius 2 is 2.14 bits per heavy atom. The highest BCUT2D eigenvalue weighted by atomic mass is 35.5. The van der Waals surface area contributed by atoms with E-state index in [2.05, 4.69) is 10.4 Å². The second kappa shape index (κ2) is 9.71. The lowest BCUT2D eigenvalue weighted by Gasteiger charge is -2.15. The zero-order valence-corrected chi connectivity index (χ0v) is 17.0. The van der Waals surface area contributed by atoms with Crippen LogP contribution in [-0.2, 0) is 9.53 Å². The molecule has 2 aromatic rings. The number of carbonyl (C=O) groups excluding carboxylic acids is 2. The van der Waals surface area contributed by atoms with E-state index in [1.807, 2.05) is 31.2 Å². The number of esters is 1. The van der Waals surface area contributed by atoms with Gasteiger partial charge in [-0.1, -0.05) is 12.5 Å². The van der Waals surface area contributed by atoms with E-state index in [4.69, 9.17) is 10.5 Å². The Labute approximate surface area is 171 Å². The van der Waals surface area contributed by atoms with Crippen LogP contribution in [0.1, 0.15) is 48.7 Å². The van der Waals surface area contributed by atoms with Crippen molar-refractivity contribution in [2.45, 2.75) is 45.6 Å². The maximum Gasteiger partial charge on any atom is 0.341 e. The number of anilines is 1. The van der Waals surface area contributed by atoms with Gasteiger partial charge in [-0.3, -0.25) is 4.79 Å². The Kier molecular flexibility index (Phi) is 7.60. The maximum absolute atomic E-state index is 12.3. The van der Waals surface area contributed by atoms with E-state index < -0.39 is 5.97 Å². The summed E-state index contributed by atoms with van der Waals surface area (Å²) in [5.41, 5.74) is 8.63. The van der Waals surface area contributed by atoms with Gasteiger partial charge in [-0.05, 0) is 50.8 Å². The molecule has 3 rings (SSSR count). The Balaban J connectivity index is 0.00000280. The summed E-state index contributed by atoms with van der Waals surface area (Å²) in [5.74, 6) is -0.161. The van der Waals surface area contributed by atoms with Gasteiger partial charge < -0.3 is 15.8 Å². The lowest BCUT2D eigenvalue weighted by atomic mass is 10.00. The van der Waals surface area contributed by atoms with Gasteiger partial charge in [0, 0.05) is 18.2 Å². The van der Waals surface area contributed by atoms with Crippen molar-refractivity contribution in [1.29, 1.82) is 0 Å². The summed E-state index contributed by atoms with van der Waals surface area (Å²) in [7, 11) is 0. The second-order valence-electron chi connectivity index (χ2n) is 6.93. The average Bonchev–Trinajstić information content (AvgIpc) is 3.21. The summed E-state index contributed by atoms with van der Waals surface area (Å²) in [5, 5.41) is 7.23. The van der Waals surface area contributed by atoms with Gasteiger partial charge in [-0.2, -0.15) is 5.10 Å². The predicted molar refractivity (Wildman–Crippen MR) is 110 cm³/mol. The first kappa shape index (κ1) is 21.9. The van der Waals surface area contributed by atoms with Gasteiger partial charge in [0.1, 0.15) is 5.56 Å². The molecule has 1 aliphatic carbocycles. The molecule has 0 spiro atoms. The largest absolute Gasteiger partial charge is 0.462 e. The van der Waals surface area contributed by atoms with E-state index in [-0.39, 0.29) is 30.3 Å². The molecule has 1 heterocycles. The molecule has 28 heavy (non-hydrogen) atoms. The standard InChI is InChI=1S/C20H26N4O3.ClH/c1-3-27-20(26)17-12-22-24(13(17)2)16-8-5-7-15(11-16)23-19(25)10-14-6-4-9-18(14)21;/h5,7-8,11-12,14,18H,3-4,6,9-10,21H2,1-2H3,(H,23,25);1H/t14-,18+;/m0./s1. The van der Waals surface area contributed by atoms with E-state index in [9.17, 15) is 9.59 Å². The van der Waals surface area contributed by atoms with Crippen LogP contribution in [0.3, 0.4) is 0 Å². The van der Waals surface area contributed by atoms with Gasteiger partial charge in [0.2, 0.25) is 5.91 Å². The van der Waals surface area contributed by atoms with Crippen LogP contribution in [0.15, 0.2) is 30.5 Å². The molecule has 7 nitrogen and oxygen atoms in total. The number of halogens is 1. The molecule has 0 radical (unpaired) electrons. The van der Waals surface area contributed by atoms with Crippen molar-refractivity contribution in [3.8, 4) is 5.69 Å². The van der Waals surface area contributed by atoms with E-state index in [1.54, 1.807) is 11.6 Å². The Morgan fingerprint density at radius 1 is 1.36 bits per heavy atom. The number of ether oxygens (including phenoxy) is 1. The van der Waals surface area contributed by atoms with Crippen molar-refractivity contribution in [2.75, 3.05) is 11.9 Å². The van der Waals surface area contributed by atoms with Crippen LogP contribution in [0.5, 0.6) is 0 Å². The monoisotopic (exact) mass is 406 g/mol. The summed E-state index contributed by atoms with van der Waals surface area (Å²) in [6.07, 6.45) is 5.04. The number of hydrogen-bond donors (Lipinski definition) is 2. The van der Waals surface area contributed by atoms with Crippen molar-refractivity contribution >= 4 is 30.0 Å². The number of nitrogens with two attached hydrogens (primary N) is 1. The predicted octanol–water partition coefficient (Wildman–Crippen LogP) is 3.24. The molecule has 0 aliphatic heterocycles. The zero-order valence-electron chi connectivity index (χ0n) is 16.2. The highest BCUT2D eigenvalue weighted by Gasteiger charge is 2.26. The highest BCUT2D eigenvalue weighted by Crippen LogP contribution is 2.27. The quantitative estimate of drug-likeness (QED) is 0.717. The van der Waals surface area contributed by atoms with Gasteiger partial charge in [-0.15, -0.1) is 12.4 Å². The molecule has 2 atom stereocenters. The lowest BCUT2D eigenvalue weighted by molar-refractivity contribution is -0.117. The molecule has 1 aliphatic rings. The molecule has 0 unspecified atom stereocenters. The summed E-state index contributed by atoms with van der Waals surface area (Å²) >= 11 is 0. The zero-order chi connectivity index (χ0) is 19.4. The topological polar surface area (TPSA) is 99.2 Å². The molecule has 1 amide bonds. The third-order valence-electron chi connectivity index (χ3n) is 5.05. The molecule has 8 heteroatoms. The minimum atomic E-state index is -0.390. The smallest absolute Gasteiger partial charge is 0.341 e. The Hall–Kier alpha value is -2.38. The molecule has 3 N–H and O–H groups in total. The van der Waals surface area contributed by atoms with Crippen LogP contribution in [0.4, 0.5) is 5.69 Å². The van der Waals surface area contributed by atoms with Crippen molar-refractivity contribution in [3.63, 3.8) is 0 Å². The van der Waals surface area contributed by atoms with Crippen molar-refractivity contribution in [1.82, 2.24) is 9.78 Å². The van der Waals surface area contributed by atoms with E-state index in [1.165, 1.54) is 6.20 Å². The van der Waals surface area contributed by atoms with Gasteiger partial charge in [0.05, 0.1) is 24.2 Å². The molecule has 0 bridgehead atoms. The number of benzene rings is 1. The number of hydrogen-bond acceptors (Lipinski definition) is 5. The van der Waals surface area contributed by atoms with Gasteiger partial charge in [0.15, 0.2) is 0 Å². The van der Waals surface area contributed by atoms with Gasteiger partial charge in [-0.25, -0.2) is 9.48 Å². The number of amides is 1. The highest BCUT2D eigenvalue weighted by molar-refractivity contribution is 5.91. The van der Waals surface area contributed by atoms with Crippen molar-refractivity contribution in [2.24, 2.45) is 11.7 Å². The van der Waals surface area contributed by atoms with E-state index in [0.717, 1.165) is 24.9 Å². The van der Waals surface area contributed by atoms with Crippen molar-refractivity contribution in [3.05, 3.63) is 41.7 Å². The molecule has 1 saturated carbocycles. The number of nitrogens with one attached hydrogen (secondary N) is 1. The van der Waals surface area contributed by atoms with Crippen LogP contribution < -0.4 is 11.1 Å². The fraction of sp³-hybridized carbons (Fsp3) is 0.450. The first-order valence-corrected chi connectivity index (χ1v) is 9.37. The fourth-order valence-electron chi connectivity index (χ4n) is 3.56. The van der Waals surface area contributed by atoms with Crippen LogP contribution in [0.25, 0.3) is 5.69 Å². The SMILES string of the molecule is CCOC(=O)c1cnn(-c2cccc(NC(=O)C[C@@H]3CCC[C@H]3N)c2)c1C.Cl.